The molecule has 4 nitrogen and oxygen atoms in total. The third-order valence-electron chi connectivity index (χ3n) is 5.07. The van der Waals surface area contributed by atoms with Crippen molar-refractivity contribution in [3.05, 3.63) is 12.2 Å². The molecule has 0 saturated carbocycles. The lowest BCUT2D eigenvalue weighted by atomic mass is 9.53. The van der Waals surface area contributed by atoms with Crippen molar-refractivity contribution < 1.29 is 19.8 Å². The maximum absolute atomic E-state index is 11.6. The molecule has 1 aliphatic carbocycles. The predicted octanol–water partition coefficient (Wildman–Crippen LogP) is 3.43. The van der Waals surface area contributed by atoms with Crippen molar-refractivity contribution in [2.24, 2.45) is 29.1 Å². The molecule has 0 aliphatic heterocycles. The molecular formula is C16H26O4. The van der Waals surface area contributed by atoms with Gasteiger partial charge in [0.25, 0.3) is 0 Å². The molecular weight excluding hydrogens is 256 g/mol. The highest BCUT2D eigenvalue weighted by molar-refractivity contribution is 5.78. The zero-order chi connectivity index (χ0) is 15.5. The molecule has 0 aromatic rings. The van der Waals surface area contributed by atoms with Gasteiger partial charge in [0.15, 0.2) is 0 Å². The Morgan fingerprint density at radius 1 is 1.15 bits per heavy atom. The van der Waals surface area contributed by atoms with Gasteiger partial charge in [-0.15, -0.1) is 0 Å². The molecule has 4 heteroatoms. The largest absolute Gasteiger partial charge is 0.481 e. The number of rotatable bonds is 6. The van der Waals surface area contributed by atoms with Crippen molar-refractivity contribution in [1.82, 2.24) is 0 Å². The first-order valence-electron chi connectivity index (χ1n) is 7.33. The monoisotopic (exact) mass is 282 g/mol. The number of aliphatic carboxylic acids is 2. The van der Waals surface area contributed by atoms with Crippen LogP contribution >= 0.6 is 0 Å². The standard InChI is InChI=1S/C16H26O4/c1-10(2)16(11(3)4)8-6-5-7-13(16)12(15(19)20)9-14(17)18/h5-6,10-13H,7-9H2,1-4H3,(H,17,18)(H,19,20). The van der Waals surface area contributed by atoms with Crippen molar-refractivity contribution in [3.8, 4) is 0 Å². The summed E-state index contributed by atoms with van der Waals surface area (Å²) in [6.45, 7) is 8.47. The Bertz CT molecular complexity index is 387. The first-order chi connectivity index (χ1) is 9.23. The van der Waals surface area contributed by atoms with Crippen LogP contribution in [0.5, 0.6) is 0 Å². The zero-order valence-corrected chi connectivity index (χ0v) is 12.8. The van der Waals surface area contributed by atoms with Crippen molar-refractivity contribution in [3.63, 3.8) is 0 Å². The summed E-state index contributed by atoms with van der Waals surface area (Å²) in [4.78, 5) is 22.6. The average molecular weight is 282 g/mol. The van der Waals surface area contributed by atoms with Gasteiger partial charge in [-0.3, -0.25) is 9.59 Å². The minimum atomic E-state index is -1.03. The minimum absolute atomic E-state index is 0.124. The average Bonchev–Trinajstić information content (AvgIpc) is 2.34. The highest BCUT2D eigenvalue weighted by Gasteiger charge is 2.49. The lowest BCUT2D eigenvalue weighted by Crippen LogP contribution is -2.47. The summed E-state index contributed by atoms with van der Waals surface area (Å²) in [5.74, 6) is -2.34. The second-order valence-corrected chi connectivity index (χ2v) is 6.48. The van der Waals surface area contributed by atoms with E-state index >= 15 is 0 Å². The highest BCUT2D eigenvalue weighted by atomic mass is 16.4. The Morgan fingerprint density at radius 3 is 2.10 bits per heavy atom. The first-order valence-corrected chi connectivity index (χ1v) is 7.33. The molecule has 0 radical (unpaired) electrons. The van der Waals surface area contributed by atoms with E-state index in [2.05, 4.69) is 33.8 Å². The van der Waals surface area contributed by atoms with Crippen LogP contribution in [0.4, 0.5) is 0 Å². The Labute approximate surface area is 120 Å². The van der Waals surface area contributed by atoms with E-state index in [0.29, 0.717) is 18.3 Å². The van der Waals surface area contributed by atoms with Crippen LogP contribution in [0.1, 0.15) is 47.0 Å². The maximum atomic E-state index is 11.6. The van der Waals surface area contributed by atoms with Gasteiger partial charge >= 0.3 is 11.9 Å². The first kappa shape index (κ1) is 16.7. The lowest BCUT2D eigenvalue weighted by molar-refractivity contribution is -0.154. The number of carboxylic acids is 2. The maximum Gasteiger partial charge on any atom is 0.307 e. The molecule has 114 valence electrons. The van der Waals surface area contributed by atoms with Crippen LogP contribution in [0.2, 0.25) is 0 Å². The fraction of sp³-hybridized carbons (Fsp3) is 0.750. The molecule has 1 aliphatic rings. The van der Waals surface area contributed by atoms with Crippen LogP contribution in [0.3, 0.4) is 0 Å². The second kappa shape index (κ2) is 6.42. The number of hydrogen-bond acceptors (Lipinski definition) is 2. The number of carboxylic acid groups (broad SMARTS) is 2. The Morgan fingerprint density at radius 2 is 1.70 bits per heavy atom. The molecule has 0 fully saturated rings. The van der Waals surface area contributed by atoms with Crippen LogP contribution in [-0.4, -0.2) is 22.2 Å². The predicted molar refractivity (Wildman–Crippen MR) is 77.4 cm³/mol. The molecule has 0 spiro atoms. The topological polar surface area (TPSA) is 74.6 Å². The summed E-state index contributed by atoms with van der Waals surface area (Å²) in [5.41, 5.74) is -0.146. The van der Waals surface area contributed by atoms with Crippen molar-refractivity contribution in [2.45, 2.75) is 47.0 Å². The minimum Gasteiger partial charge on any atom is -0.481 e. The van der Waals surface area contributed by atoms with Gasteiger partial charge in [-0.1, -0.05) is 39.8 Å². The van der Waals surface area contributed by atoms with Crippen LogP contribution in [-0.2, 0) is 9.59 Å². The van der Waals surface area contributed by atoms with Crippen molar-refractivity contribution in [1.29, 1.82) is 0 Å². The molecule has 0 aromatic heterocycles. The normalized spacial score (nSPS) is 23.0. The van der Waals surface area contributed by atoms with Gasteiger partial charge in [-0.2, -0.15) is 0 Å². The molecule has 0 saturated heterocycles. The van der Waals surface area contributed by atoms with Gasteiger partial charge in [0.1, 0.15) is 0 Å². The van der Waals surface area contributed by atoms with E-state index < -0.39 is 17.9 Å². The third kappa shape index (κ3) is 3.05. The van der Waals surface area contributed by atoms with Gasteiger partial charge in [0, 0.05) is 0 Å². The van der Waals surface area contributed by atoms with E-state index in [9.17, 15) is 14.7 Å². The quantitative estimate of drug-likeness (QED) is 0.732. The molecule has 0 aromatic carbocycles. The molecule has 20 heavy (non-hydrogen) atoms. The van der Waals surface area contributed by atoms with E-state index in [1.54, 1.807) is 0 Å². The molecule has 2 atom stereocenters. The van der Waals surface area contributed by atoms with Crippen LogP contribution in [0, 0.1) is 29.1 Å². The van der Waals surface area contributed by atoms with E-state index in [1.807, 2.05) is 6.08 Å². The smallest absolute Gasteiger partial charge is 0.307 e. The fourth-order valence-electron chi connectivity index (χ4n) is 4.02. The number of hydrogen-bond donors (Lipinski definition) is 2. The summed E-state index contributed by atoms with van der Waals surface area (Å²) in [6.07, 6.45) is 5.31. The van der Waals surface area contributed by atoms with Gasteiger partial charge in [-0.05, 0) is 36.0 Å². The Hall–Kier alpha value is -1.32. The molecule has 0 heterocycles. The lowest BCUT2D eigenvalue weighted by Gasteiger charge is -2.50. The van der Waals surface area contributed by atoms with Crippen LogP contribution in [0.25, 0.3) is 0 Å². The van der Waals surface area contributed by atoms with E-state index in [1.165, 1.54) is 0 Å². The van der Waals surface area contributed by atoms with E-state index in [4.69, 9.17) is 5.11 Å². The molecule has 0 bridgehead atoms. The Balaban J connectivity index is 3.24. The highest BCUT2D eigenvalue weighted by Crippen LogP contribution is 2.53. The summed E-state index contributed by atoms with van der Waals surface area (Å²) < 4.78 is 0. The van der Waals surface area contributed by atoms with Crippen molar-refractivity contribution >= 4 is 11.9 Å². The second-order valence-electron chi connectivity index (χ2n) is 6.48. The zero-order valence-electron chi connectivity index (χ0n) is 12.8. The van der Waals surface area contributed by atoms with Gasteiger partial charge in [0.05, 0.1) is 12.3 Å². The summed E-state index contributed by atoms with van der Waals surface area (Å²) >= 11 is 0. The SMILES string of the molecule is CC(C)C1(C(C)C)CC=CCC1C(CC(=O)O)C(=O)O. The van der Waals surface area contributed by atoms with Gasteiger partial charge in [0.2, 0.25) is 0 Å². The van der Waals surface area contributed by atoms with Gasteiger partial charge < -0.3 is 10.2 Å². The third-order valence-corrected chi connectivity index (χ3v) is 5.07. The molecule has 2 unspecified atom stereocenters. The van der Waals surface area contributed by atoms with E-state index in [-0.39, 0.29) is 17.8 Å². The molecule has 2 N–H and O–H groups in total. The molecule has 1 rings (SSSR count). The van der Waals surface area contributed by atoms with E-state index in [0.717, 1.165) is 6.42 Å². The van der Waals surface area contributed by atoms with Crippen LogP contribution in [0.15, 0.2) is 12.2 Å². The van der Waals surface area contributed by atoms with Crippen LogP contribution < -0.4 is 0 Å². The summed E-state index contributed by atoms with van der Waals surface area (Å²) in [6, 6.07) is 0. The fourth-order valence-corrected chi connectivity index (χ4v) is 4.02. The Kier molecular flexibility index (Phi) is 5.37. The molecule has 0 amide bonds. The number of allylic oxidation sites excluding steroid dienone is 2. The summed E-state index contributed by atoms with van der Waals surface area (Å²) in [7, 11) is 0. The van der Waals surface area contributed by atoms with Crippen molar-refractivity contribution in [2.75, 3.05) is 0 Å². The number of carbonyl (C=O) groups is 2. The van der Waals surface area contributed by atoms with Gasteiger partial charge in [-0.25, -0.2) is 0 Å². The summed E-state index contributed by atoms with van der Waals surface area (Å²) in [5, 5.41) is 18.5.